The predicted octanol–water partition coefficient (Wildman–Crippen LogP) is 3.23. The quantitative estimate of drug-likeness (QED) is 0.444. The van der Waals surface area contributed by atoms with Crippen molar-refractivity contribution in [2.24, 2.45) is 5.10 Å². The molecular weight excluding hydrogens is 404 g/mol. The van der Waals surface area contributed by atoms with Crippen LogP contribution >= 0.6 is 0 Å². The lowest BCUT2D eigenvalue weighted by molar-refractivity contribution is -0.384. The summed E-state index contributed by atoms with van der Waals surface area (Å²) in [4.78, 5) is 37.1. The lowest BCUT2D eigenvalue weighted by Crippen LogP contribution is -2.39. The van der Waals surface area contributed by atoms with Crippen LogP contribution in [-0.4, -0.2) is 46.0 Å². The van der Waals surface area contributed by atoms with E-state index in [2.05, 4.69) is 5.10 Å². The first-order valence-electron chi connectivity index (χ1n) is 9.41. The summed E-state index contributed by atoms with van der Waals surface area (Å²) in [5.74, 6) is -0.143. The third kappa shape index (κ3) is 4.08. The molecule has 2 amide bonds. The molecule has 1 aliphatic heterocycles. The van der Waals surface area contributed by atoms with Crippen molar-refractivity contribution in [1.82, 2.24) is 9.91 Å². The Hall–Kier alpha value is -4.21. The Kier molecular flexibility index (Phi) is 5.35. The molecule has 0 saturated heterocycles. The lowest BCUT2D eigenvalue weighted by Gasteiger charge is -2.23. The van der Waals surface area contributed by atoms with E-state index in [4.69, 9.17) is 8.83 Å². The summed E-state index contributed by atoms with van der Waals surface area (Å²) in [6.07, 6.45) is 3.26. The Morgan fingerprint density at radius 3 is 2.48 bits per heavy atom. The van der Waals surface area contributed by atoms with Gasteiger partial charge in [-0.25, -0.2) is 5.01 Å². The van der Waals surface area contributed by atoms with Gasteiger partial charge in [-0.2, -0.15) is 5.10 Å². The Labute approximate surface area is 176 Å². The highest BCUT2D eigenvalue weighted by Crippen LogP contribution is 2.33. The van der Waals surface area contributed by atoms with Crippen molar-refractivity contribution in [1.29, 1.82) is 0 Å². The Bertz CT molecular complexity index is 1120. The highest BCUT2D eigenvalue weighted by Gasteiger charge is 2.35. The second-order valence-electron chi connectivity index (χ2n) is 6.96. The van der Waals surface area contributed by atoms with E-state index in [0.717, 1.165) is 0 Å². The number of benzene rings is 1. The largest absolute Gasteiger partial charge is 0.467 e. The zero-order chi connectivity index (χ0) is 22.0. The van der Waals surface area contributed by atoms with Gasteiger partial charge in [0, 0.05) is 25.6 Å². The first kappa shape index (κ1) is 20.1. The number of nitro groups is 1. The third-order valence-corrected chi connectivity index (χ3v) is 4.90. The van der Waals surface area contributed by atoms with Gasteiger partial charge in [0.05, 0.1) is 23.2 Å². The standard InChI is InChI=1S/C21H18N4O6/c1-23(21(27)19-5-3-11-31-19)13-20(26)24-17(18-4-2-10-30-18)12-16(22-24)14-6-8-15(9-7-14)25(28)29/h2-11,17H,12-13H2,1H3/t17-/m1/s1. The van der Waals surface area contributed by atoms with Crippen molar-refractivity contribution in [3.05, 3.63) is 88.3 Å². The number of hydrogen-bond acceptors (Lipinski definition) is 7. The molecular formula is C21H18N4O6. The lowest BCUT2D eigenvalue weighted by atomic mass is 10.0. The van der Waals surface area contributed by atoms with Crippen LogP contribution in [-0.2, 0) is 4.79 Å². The van der Waals surface area contributed by atoms with Gasteiger partial charge in [0.25, 0.3) is 17.5 Å². The average molecular weight is 422 g/mol. The van der Waals surface area contributed by atoms with Crippen LogP contribution in [0.4, 0.5) is 5.69 Å². The number of rotatable bonds is 6. The summed E-state index contributed by atoms with van der Waals surface area (Å²) in [6.45, 7) is -0.215. The zero-order valence-corrected chi connectivity index (χ0v) is 16.5. The topological polar surface area (TPSA) is 122 Å². The number of hydrazone groups is 1. The van der Waals surface area contributed by atoms with E-state index in [0.29, 0.717) is 23.5 Å². The molecule has 0 unspecified atom stereocenters. The maximum Gasteiger partial charge on any atom is 0.289 e. The molecule has 0 spiro atoms. The monoisotopic (exact) mass is 422 g/mol. The molecule has 10 heteroatoms. The van der Waals surface area contributed by atoms with Crippen molar-refractivity contribution >= 4 is 23.2 Å². The molecule has 1 aromatic carbocycles. The maximum atomic E-state index is 13.0. The number of carbonyl (C=O) groups is 2. The van der Waals surface area contributed by atoms with Gasteiger partial charge in [-0.15, -0.1) is 0 Å². The van der Waals surface area contributed by atoms with Gasteiger partial charge < -0.3 is 13.7 Å². The number of hydrogen-bond donors (Lipinski definition) is 0. The molecule has 158 valence electrons. The minimum absolute atomic E-state index is 0.0315. The Balaban J connectivity index is 1.56. The molecule has 3 heterocycles. The van der Waals surface area contributed by atoms with Gasteiger partial charge in [0.2, 0.25) is 0 Å². The fraction of sp³-hybridized carbons (Fsp3) is 0.190. The van der Waals surface area contributed by atoms with Crippen molar-refractivity contribution in [2.75, 3.05) is 13.6 Å². The van der Waals surface area contributed by atoms with Gasteiger partial charge in [-0.3, -0.25) is 19.7 Å². The zero-order valence-electron chi connectivity index (χ0n) is 16.5. The molecule has 4 rings (SSSR count). The molecule has 0 aliphatic carbocycles. The van der Waals surface area contributed by atoms with E-state index < -0.39 is 22.8 Å². The second kappa shape index (κ2) is 8.27. The van der Waals surface area contributed by atoms with Crippen LogP contribution < -0.4 is 0 Å². The number of non-ortho nitro benzene ring substituents is 1. The van der Waals surface area contributed by atoms with Crippen LogP contribution in [0.5, 0.6) is 0 Å². The van der Waals surface area contributed by atoms with Crippen LogP contribution in [0, 0.1) is 10.1 Å². The summed E-state index contributed by atoms with van der Waals surface area (Å²) in [6, 6.07) is 12.1. The number of furan rings is 2. The molecule has 0 fully saturated rings. The summed E-state index contributed by atoms with van der Waals surface area (Å²) < 4.78 is 10.6. The SMILES string of the molecule is CN(CC(=O)N1N=C(c2ccc([N+](=O)[O-])cc2)C[C@@H]1c1ccco1)C(=O)c1ccco1. The number of likely N-dealkylation sites (N-methyl/N-ethyl adjacent to an activating group) is 1. The van der Waals surface area contributed by atoms with E-state index in [-0.39, 0.29) is 18.0 Å². The summed E-state index contributed by atoms with van der Waals surface area (Å²) >= 11 is 0. The highest BCUT2D eigenvalue weighted by molar-refractivity contribution is 6.03. The normalized spacial score (nSPS) is 15.6. The molecule has 0 saturated carbocycles. The molecule has 1 aliphatic rings. The molecule has 31 heavy (non-hydrogen) atoms. The first-order valence-corrected chi connectivity index (χ1v) is 9.41. The van der Waals surface area contributed by atoms with E-state index in [1.54, 1.807) is 30.3 Å². The summed E-state index contributed by atoms with van der Waals surface area (Å²) in [5, 5.41) is 16.6. The average Bonchev–Trinajstić information content (AvgIpc) is 3.54. The minimum atomic E-state index is -0.486. The molecule has 0 bridgehead atoms. The van der Waals surface area contributed by atoms with Crippen LogP contribution in [0.15, 0.2) is 75.0 Å². The van der Waals surface area contributed by atoms with Crippen molar-refractivity contribution in [3.8, 4) is 0 Å². The fourth-order valence-electron chi connectivity index (χ4n) is 3.33. The Morgan fingerprint density at radius 1 is 1.16 bits per heavy atom. The molecule has 0 N–H and O–H groups in total. The summed E-state index contributed by atoms with van der Waals surface area (Å²) in [5.41, 5.74) is 1.22. The number of amides is 2. The number of carbonyl (C=O) groups excluding carboxylic acids is 2. The van der Waals surface area contributed by atoms with Crippen LogP contribution in [0.25, 0.3) is 0 Å². The molecule has 1 atom stereocenters. The smallest absolute Gasteiger partial charge is 0.289 e. The van der Waals surface area contributed by atoms with Crippen LogP contribution in [0.3, 0.4) is 0 Å². The van der Waals surface area contributed by atoms with Gasteiger partial charge in [-0.05, 0) is 42.0 Å². The highest BCUT2D eigenvalue weighted by atomic mass is 16.6. The van der Waals surface area contributed by atoms with E-state index in [9.17, 15) is 19.7 Å². The third-order valence-electron chi connectivity index (χ3n) is 4.90. The molecule has 3 aromatic rings. The Morgan fingerprint density at radius 2 is 1.87 bits per heavy atom. The van der Waals surface area contributed by atoms with E-state index in [1.807, 2.05) is 0 Å². The van der Waals surface area contributed by atoms with Gasteiger partial charge in [-0.1, -0.05) is 0 Å². The van der Waals surface area contributed by atoms with Crippen molar-refractivity contribution in [3.63, 3.8) is 0 Å². The van der Waals surface area contributed by atoms with Gasteiger partial charge in [0.15, 0.2) is 5.76 Å². The number of nitro benzene ring substituents is 1. The predicted molar refractivity (Wildman–Crippen MR) is 108 cm³/mol. The fourth-order valence-corrected chi connectivity index (χ4v) is 3.33. The van der Waals surface area contributed by atoms with Gasteiger partial charge >= 0.3 is 0 Å². The van der Waals surface area contributed by atoms with Crippen molar-refractivity contribution in [2.45, 2.75) is 12.5 Å². The van der Waals surface area contributed by atoms with E-state index >= 15 is 0 Å². The summed E-state index contributed by atoms with van der Waals surface area (Å²) in [7, 11) is 1.50. The van der Waals surface area contributed by atoms with E-state index in [1.165, 1.54) is 47.7 Å². The molecule has 10 nitrogen and oxygen atoms in total. The van der Waals surface area contributed by atoms with Gasteiger partial charge in [0.1, 0.15) is 18.3 Å². The second-order valence-corrected chi connectivity index (χ2v) is 6.96. The minimum Gasteiger partial charge on any atom is -0.467 e. The maximum absolute atomic E-state index is 13.0. The van der Waals surface area contributed by atoms with Crippen LogP contribution in [0.1, 0.15) is 34.3 Å². The molecule has 2 aromatic heterocycles. The van der Waals surface area contributed by atoms with Crippen molar-refractivity contribution < 1.29 is 23.3 Å². The van der Waals surface area contributed by atoms with Crippen LogP contribution in [0.2, 0.25) is 0 Å². The first-order chi connectivity index (χ1) is 14.9. The molecule has 0 radical (unpaired) electrons. The number of nitrogens with zero attached hydrogens (tertiary/aromatic N) is 4.